The van der Waals surface area contributed by atoms with Gasteiger partial charge in [-0.05, 0) is 43.2 Å². The van der Waals surface area contributed by atoms with Gasteiger partial charge in [0.25, 0.3) is 5.91 Å². The molecule has 5 rings (SSSR count). The number of hydrogen-bond acceptors (Lipinski definition) is 4. The van der Waals surface area contributed by atoms with Crippen LogP contribution < -0.4 is 5.73 Å². The fourth-order valence-electron chi connectivity index (χ4n) is 4.78. The van der Waals surface area contributed by atoms with E-state index < -0.39 is 0 Å². The fourth-order valence-corrected chi connectivity index (χ4v) is 4.78. The van der Waals surface area contributed by atoms with Gasteiger partial charge >= 0.3 is 0 Å². The molecule has 0 bridgehead atoms. The quantitative estimate of drug-likeness (QED) is 0.509. The molecule has 2 aromatic carbocycles. The van der Waals surface area contributed by atoms with Gasteiger partial charge in [0, 0.05) is 56.3 Å². The van der Waals surface area contributed by atoms with Crippen molar-refractivity contribution in [2.45, 2.75) is 25.9 Å². The number of rotatable bonds is 6. The molecule has 1 aliphatic heterocycles. The molecule has 2 N–H and O–H groups in total. The topological polar surface area (TPSA) is 78.3 Å². The van der Waals surface area contributed by atoms with Gasteiger partial charge in [0.15, 0.2) is 5.82 Å². The number of para-hydroxylation sites is 1. The number of nitrogens with two attached hydrogens (primary N) is 1. The van der Waals surface area contributed by atoms with E-state index in [4.69, 9.17) is 15.5 Å². The Morgan fingerprint density at radius 2 is 2.00 bits per heavy atom. The zero-order valence-corrected chi connectivity index (χ0v) is 18.8. The lowest BCUT2D eigenvalue weighted by Gasteiger charge is -2.29. The first kappa shape index (κ1) is 20.7. The van der Waals surface area contributed by atoms with Gasteiger partial charge in [-0.2, -0.15) is 0 Å². The first-order valence-corrected chi connectivity index (χ1v) is 11.1. The molecule has 2 aromatic heterocycles. The van der Waals surface area contributed by atoms with E-state index in [-0.39, 0.29) is 11.9 Å². The second-order valence-corrected chi connectivity index (χ2v) is 8.70. The van der Waals surface area contributed by atoms with E-state index in [9.17, 15) is 4.79 Å². The molecule has 0 radical (unpaired) electrons. The van der Waals surface area contributed by atoms with Crippen molar-refractivity contribution in [1.29, 1.82) is 0 Å². The molecule has 1 amide bonds. The molecule has 0 saturated carbocycles. The number of aromatic nitrogens is 3. The third kappa shape index (κ3) is 3.38. The number of methoxy groups -OCH3 is 1. The molecular formula is C25H29N5O2. The zero-order valence-electron chi connectivity index (χ0n) is 18.8. The predicted octanol–water partition coefficient (Wildman–Crippen LogP) is 3.19. The Labute approximate surface area is 187 Å². The molecule has 0 unspecified atom stereocenters. The maximum absolute atomic E-state index is 13.1. The minimum absolute atomic E-state index is 0.0419. The number of ether oxygens (including phenoxy) is 1. The van der Waals surface area contributed by atoms with E-state index in [1.807, 2.05) is 24.9 Å². The average molecular weight is 432 g/mol. The van der Waals surface area contributed by atoms with Crippen molar-refractivity contribution in [3.05, 3.63) is 53.6 Å². The molecule has 7 nitrogen and oxygen atoms in total. The molecule has 1 aliphatic rings. The number of hydrogen-bond donors (Lipinski definition) is 1. The molecule has 166 valence electrons. The lowest BCUT2D eigenvalue weighted by molar-refractivity contribution is 0.0732. The van der Waals surface area contributed by atoms with Gasteiger partial charge in [-0.3, -0.25) is 4.79 Å². The van der Waals surface area contributed by atoms with Crippen molar-refractivity contribution in [3.63, 3.8) is 0 Å². The second kappa shape index (κ2) is 8.07. The highest BCUT2D eigenvalue weighted by molar-refractivity contribution is 6.00. The minimum Gasteiger partial charge on any atom is -0.383 e. The Morgan fingerprint density at radius 1 is 1.19 bits per heavy atom. The molecule has 0 spiro atoms. The summed E-state index contributed by atoms with van der Waals surface area (Å²) in [4.78, 5) is 19.9. The van der Waals surface area contributed by atoms with E-state index in [1.54, 1.807) is 7.11 Å². The number of nitrogens with zero attached hydrogens (tertiary/aromatic N) is 4. The summed E-state index contributed by atoms with van der Waals surface area (Å²) >= 11 is 0. The number of fused-ring (bicyclic) bond motifs is 3. The van der Waals surface area contributed by atoms with Gasteiger partial charge in [0.2, 0.25) is 0 Å². The van der Waals surface area contributed by atoms with Crippen LogP contribution >= 0.6 is 0 Å². The first-order valence-electron chi connectivity index (χ1n) is 11.1. The Bertz CT molecular complexity index is 1320. The summed E-state index contributed by atoms with van der Waals surface area (Å²) in [7, 11) is 3.76. The van der Waals surface area contributed by atoms with Gasteiger partial charge in [-0.15, -0.1) is 0 Å². The maximum Gasteiger partial charge on any atom is 0.254 e. The van der Waals surface area contributed by atoms with E-state index in [2.05, 4.69) is 45.5 Å². The Morgan fingerprint density at radius 3 is 2.78 bits per heavy atom. The van der Waals surface area contributed by atoms with Crippen molar-refractivity contribution >= 4 is 27.8 Å². The van der Waals surface area contributed by atoms with Crippen LogP contribution in [0.1, 0.15) is 22.8 Å². The minimum atomic E-state index is -0.0419. The molecule has 3 heterocycles. The third-order valence-electron chi connectivity index (χ3n) is 6.34. The molecule has 32 heavy (non-hydrogen) atoms. The van der Waals surface area contributed by atoms with Crippen LogP contribution in [0, 0.1) is 0 Å². The van der Waals surface area contributed by atoms with Crippen LogP contribution in [-0.4, -0.2) is 57.8 Å². The van der Waals surface area contributed by atoms with Gasteiger partial charge < -0.3 is 24.5 Å². The average Bonchev–Trinajstić information content (AvgIpc) is 3.30. The number of carbonyl (C=O) groups is 1. The number of aryl methyl sites for hydroxylation is 1. The van der Waals surface area contributed by atoms with Crippen molar-refractivity contribution in [2.75, 3.05) is 26.8 Å². The second-order valence-electron chi connectivity index (χ2n) is 8.70. The smallest absolute Gasteiger partial charge is 0.254 e. The van der Waals surface area contributed by atoms with Crippen molar-refractivity contribution < 1.29 is 9.53 Å². The number of amides is 1. The lowest BCUT2D eigenvalue weighted by Crippen LogP contribution is -2.43. The fraction of sp³-hybridized carbons (Fsp3) is 0.360. The maximum atomic E-state index is 13.1. The molecule has 7 heteroatoms. The van der Waals surface area contributed by atoms with Crippen LogP contribution in [-0.2, 0) is 24.8 Å². The van der Waals surface area contributed by atoms with Crippen LogP contribution in [0.5, 0.6) is 0 Å². The summed E-state index contributed by atoms with van der Waals surface area (Å²) < 4.78 is 9.75. The van der Waals surface area contributed by atoms with E-state index >= 15 is 0 Å². The van der Waals surface area contributed by atoms with E-state index in [0.717, 1.165) is 52.2 Å². The summed E-state index contributed by atoms with van der Waals surface area (Å²) in [6, 6.07) is 14.6. The highest BCUT2D eigenvalue weighted by Crippen LogP contribution is 2.32. The monoisotopic (exact) mass is 431 g/mol. The Hall–Kier alpha value is -3.16. The zero-order chi connectivity index (χ0) is 22.4. The van der Waals surface area contributed by atoms with Crippen LogP contribution in [0.15, 0.2) is 42.5 Å². The number of carbonyl (C=O) groups excluding carboxylic acids is 1. The summed E-state index contributed by atoms with van der Waals surface area (Å²) in [5, 5.41) is 1.17. The number of benzene rings is 2. The third-order valence-corrected chi connectivity index (χ3v) is 6.34. The van der Waals surface area contributed by atoms with E-state index in [1.165, 1.54) is 5.39 Å². The largest absolute Gasteiger partial charge is 0.383 e. The van der Waals surface area contributed by atoms with Gasteiger partial charge in [0.1, 0.15) is 0 Å². The summed E-state index contributed by atoms with van der Waals surface area (Å²) in [6.45, 7) is 4.56. The highest BCUT2D eigenvalue weighted by Gasteiger charge is 2.27. The molecular weight excluding hydrogens is 402 g/mol. The Balaban J connectivity index is 1.63. The van der Waals surface area contributed by atoms with Crippen molar-refractivity contribution in [1.82, 2.24) is 19.0 Å². The predicted molar refractivity (Wildman–Crippen MR) is 127 cm³/mol. The first-order chi connectivity index (χ1) is 15.5. The van der Waals surface area contributed by atoms with Crippen LogP contribution in [0.3, 0.4) is 0 Å². The molecule has 1 atom stereocenters. The lowest BCUT2D eigenvalue weighted by atomic mass is 9.97. The van der Waals surface area contributed by atoms with Gasteiger partial charge in [0.05, 0.1) is 23.3 Å². The summed E-state index contributed by atoms with van der Waals surface area (Å²) in [6.07, 6.45) is 0.832. The van der Waals surface area contributed by atoms with Crippen LogP contribution in [0.2, 0.25) is 0 Å². The summed E-state index contributed by atoms with van der Waals surface area (Å²) in [5.41, 5.74) is 11.8. The SMILES string of the molecule is COCCn1c(-c2nc3cc4c(cc3n2C)CCN(C[C@@H](C)N)C4=O)cc2ccccc21. The molecule has 0 aliphatic carbocycles. The van der Waals surface area contributed by atoms with E-state index in [0.29, 0.717) is 19.7 Å². The highest BCUT2D eigenvalue weighted by atomic mass is 16.5. The molecule has 0 saturated heterocycles. The van der Waals surface area contributed by atoms with Gasteiger partial charge in [-0.1, -0.05) is 18.2 Å². The molecule has 0 fully saturated rings. The normalized spacial score (nSPS) is 15.0. The van der Waals surface area contributed by atoms with Crippen molar-refractivity contribution in [2.24, 2.45) is 12.8 Å². The number of imidazole rings is 1. The van der Waals surface area contributed by atoms with Crippen LogP contribution in [0.4, 0.5) is 0 Å². The standard InChI is InChI=1S/C25H29N5O2/c1-16(26)15-29-9-8-17-12-22-20(14-19(17)25(29)31)27-24(28(22)2)23-13-18-6-4-5-7-21(18)30(23)10-11-32-3/h4-7,12-14,16H,8-11,15,26H2,1-3H3/t16-/m1/s1. The van der Waals surface area contributed by atoms with Gasteiger partial charge in [-0.25, -0.2) is 4.98 Å². The molecule has 4 aromatic rings. The Kier molecular flexibility index (Phi) is 5.23. The summed E-state index contributed by atoms with van der Waals surface area (Å²) in [5.74, 6) is 0.932. The van der Waals surface area contributed by atoms with Crippen LogP contribution in [0.25, 0.3) is 33.5 Å². The van der Waals surface area contributed by atoms with Crippen molar-refractivity contribution in [3.8, 4) is 11.5 Å².